The molecule has 1 saturated carbocycles. The van der Waals surface area contributed by atoms with Crippen LogP contribution < -0.4 is 5.32 Å². The predicted molar refractivity (Wildman–Crippen MR) is 76.8 cm³/mol. The van der Waals surface area contributed by atoms with Crippen molar-refractivity contribution in [3.8, 4) is 0 Å². The first kappa shape index (κ1) is 14.1. The van der Waals surface area contributed by atoms with E-state index in [4.69, 9.17) is 4.74 Å². The number of hydrogen-bond acceptors (Lipinski definition) is 2. The topological polar surface area (TPSA) is 21.3 Å². The normalized spacial score (nSPS) is 26.7. The van der Waals surface area contributed by atoms with Crippen molar-refractivity contribution < 1.29 is 4.74 Å². The van der Waals surface area contributed by atoms with Crippen molar-refractivity contribution in [2.45, 2.75) is 64.4 Å². The van der Waals surface area contributed by atoms with E-state index in [1.807, 2.05) is 0 Å². The molecule has 0 radical (unpaired) electrons. The van der Waals surface area contributed by atoms with Crippen LogP contribution in [0.2, 0.25) is 0 Å². The summed E-state index contributed by atoms with van der Waals surface area (Å²) in [5.74, 6) is 0.826. The Hall–Kier alpha value is -0.340. The highest BCUT2D eigenvalue weighted by atomic mass is 16.5. The van der Waals surface area contributed by atoms with E-state index in [0.717, 1.165) is 25.6 Å². The van der Waals surface area contributed by atoms with Crippen LogP contribution in [0.4, 0.5) is 0 Å². The lowest BCUT2D eigenvalue weighted by Crippen LogP contribution is -2.24. The summed E-state index contributed by atoms with van der Waals surface area (Å²) in [7, 11) is 0. The summed E-state index contributed by atoms with van der Waals surface area (Å²) in [4.78, 5) is 0. The van der Waals surface area contributed by atoms with Crippen molar-refractivity contribution in [1.29, 1.82) is 0 Å². The van der Waals surface area contributed by atoms with Gasteiger partial charge in [0.1, 0.15) is 0 Å². The van der Waals surface area contributed by atoms with Crippen LogP contribution in [-0.4, -0.2) is 25.8 Å². The van der Waals surface area contributed by atoms with E-state index in [9.17, 15) is 0 Å². The Morgan fingerprint density at radius 1 is 1.17 bits per heavy atom. The van der Waals surface area contributed by atoms with Gasteiger partial charge < -0.3 is 10.1 Å². The third-order valence-corrected chi connectivity index (χ3v) is 4.25. The van der Waals surface area contributed by atoms with Gasteiger partial charge in [0, 0.05) is 13.2 Å². The predicted octanol–water partition coefficient (Wildman–Crippen LogP) is 3.67. The molecular weight excluding hydrogens is 222 g/mol. The average molecular weight is 251 g/mol. The molecule has 2 nitrogen and oxygen atoms in total. The van der Waals surface area contributed by atoms with Crippen molar-refractivity contribution in [3.63, 3.8) is 0 Å². The summed E-state index contributed by atoms with van der Waals surface area (Å²) in [6.07, 6.45) is 13.6. The van der Waals surface area contributed by atoms with Gasteiger partial charge in [-0.2, -0.15) is 0 Å². The van der Waals surface area contributed by atoms with Crippen LogP contribution in [0.3, 0.4) is 0 Å². The molecule has 2 aliphatic rings. The average Bonchev–Trinajstić information content (AvgIpc) is 2.92. The minimum atomic E-state index is 0.408. The fraction of sp³-hybridized carbons (Fsp3) is 0.875. The lowest BCUT2D eigenvalue weighted by molar-refractivity contribution is 0.144. The minimum Gasteiger partial charge on any atom is -0.374 e. The summed E-state index contributed by atoms with van der Waals surface area (Å²) in [5.41, 5.74) is 1.63. The van der Waals surface area contributed by atoms with E-state index in [0.29, 0.717) is 6.10 Å². The molecule has 0 spiro atoms. The summed E-state index contributed by atoms with van der Waals surface area (Å²) < 4.78 is 5.78. The highest BCUT2D eigenvalue weighted by Crippen LogP contribution is 2.30. The zero-order valence-corrected chi connectivity index (χ0v) is 11.9. The molecule has 2 rings (SSSR count). The van der Waals surface area contributed by atoms with E-state index >= 15 is 0 Å². The first-order valence-corrected chi connectivity index (χ1v) is 7.93. The molecule has 2 heteroatoms. The molecule has 18 heavy (non-hydrogen) atoms. The van der Waals surface area contributed by atoms with Crippen LogP contribution in [0.1, 0.15) is 58.3 Å². The Bertz CT molecular complexity index is 250. The Labute approximate surface area is 112 Å². The molecule has 0 bridgehead atoms. The minimum absolute atomic E-state index is 0.408. The van der Waals surface area contributed by atoms with Crippen molar-refractivity contribution in [3.05, 3.63) is 11.6 Å². The van der Waals surface area contributed by atoms with E-state index in [1.165, 1.54) is 51.4 Å². The van der Waals surface area contributed by atoms with Gasteiger partial charge in [-0.3, -0.25) is 0 Å². The van der Waals surface area contributed by atoms with Gasteiger partial charge in [-0.25, -0.2) is 0 Å². The van der Waals surface area contributed by atoms with Crippen LogP contribution in [0, 0.1) is 5.92 Å². The van der Waals surface area contributed by atoms with Crippen molar-refractivity contribution in [2.24, 2.45) is 5.92 Å². The van der Waals surface area contributed by atoms with Gasteiger partial charge >= 0.3 is 0 Å². The van der Waals surface area contributed by atoms with E-state index in [1.54, 1.807) is 5.57 Å². The van der Waals surface area contributed by atoms with Crippen molar-refractivity contribution in [1.82, 2.24) is 5.32 Å². The first-order chi connectivity index (χ1) is 8.90. The number of nitrogens with one attached hydrogen (secondary N) is 1. The van der Waals surface area contributed by atoms with Crippen LogP contribution >= 0.6 is 0 Å². The lowest BCUT2D eigenvalue weighted by atomic mass is 9.83. The summed E-state index contributed by atoms with van der Waals surface area (Å²) in [6, 6.07) is 0. The van der Waals surface area contributed by atoms with Crippen LogP contribution in [0.5, 0.6) is 0 Å². The number of hydrogen-bond donors (Lipinski definition) is 1. The smallest absolute Gasteiger partial charge is 0.0759 e. The van der Waals surface area contributed by atoms with Crippen LogP contribution in [0.25, 0.3) is 0 Å². The largest absolute Gasteiger partial charge is 0.374 e. The standard InChI is InChI=1S/C16H29NO/c1-2-10-17-13-15(12-16-9-6-11-18-16)14-7-4-3-5-8-14/h12,14,16-17H,2-11,13H2,1H3. The zero-order valence-electron chi connectivity index (χ0n) is 11.9. The number of ether oxygens (including phenoxy) is 1. The molecule has 1 aliphatic carbocycles. The lowest BCUT2D eigenvalue weighted by Gasteiger charge is -2.26. The second-order valence-electron chi connectivity index (χ2n) is 5.80. The molecular formula is C16H29NO. The Morgan fingerprint density at radius 3 is 2.67 bits per heavy atom. The van der Waals surface area contributed by atoms with Gasteiger partial charge in [0.15, 0.2) is 0 Å². The zero-order chi connectivity index (χ0) is 12.6. The molecule has 0 aromatic carbocycles. The molecule has 0 amide bonds. The molecule has 0 aromatic rings. The molecule has 0 aromatic heterocycles. The Morgan fingerprint density at radius 2 is 2.00 bits per heavy atom. The van der Waals surface area contributed by atoms with Gasteiger partial charge in [-0.15, -0.1) is 0 Å². The van der Waals surface area contributed by atoms with Gasteiger partial charge in [-0.1, -0.05) is 37.8 Å². The maximum atomic E-state index is 5.78. The monoisotopic (exact) mass is 251 g/mol. The van der Waals surface area contributed by atoms with Gasteiger partial charge in [0.05, 0.1) is 6.10 Å². The summed E-state index contributed by atoms with van der Waals surface area (Å²) in [6.45, 7) is 5.41. The third kappa shape index (κ3) is 4.40. The quantitative estimate of drug-likeness (QED) is 0.574. The molecule has 1 aliphatic heterocycles. The fourth-order valence-corrected chi connectivity index (χ4v) is 3.20. The second kappa shape index (κ2) is 7.96. The van der Waals surface area contributed by atoms with Gasteiger partial charge in [0.2, 0.25) is 0 Å². The third-order valence-electron chi connectivity index (χ3n) is 4.25. The molecule has 104 valence electrons. The van der Waals surface area contributed by atoms with Crippen molar-refractivity contribution >= 4 is 0 Å². The summed E-state index contributed by atoms with van der Waals surface area (Å²) in [5, 5.41) is 3.58. The Kier molecular flexibility index (Phi) is 6.22. The maximum absolute atomic E-state index is 5.78. The molecule has 1 heterocycles. The van der Waals surface area contributed by atoms with E-state index in [-0.39, 0.29) is 0 Å². The molecule has 1 N–H and O–H groups in total. The highest BCUT2D eigenvalue weighted by Gasteiger charge is 2.20. The molecule has 1 unspecified atom stereocenters. The first-order valence-electron chi connectivity index (χ1n) is 7.93. The fourth-order valence-electron chi connectivity index (χ4n) is 3.20. The number of rotatable bonds is 6. The van der Waals surface area contributed by atoms with Gasteiger partial charge in [-0.05, 0) is 44.6 Å². The Balaban J connectivity index is 1.91. The SMILES string of the molecule is CCCNCC(=CC1CCCO1)C1CCCCC1. The van der Waals surface area contributed by atoms with E-state index in [2.05, 4.69) is 18.3 Å². The van der Waals surface area contributed by atoms with E-state index < -0.39 is 0 Å². The molecule has 1 atom stereocenters. The maximum Gasteiger partial charge on any atom is 0.0759 e. The molecule has 2 fully saturated rings. The second-order valence-corrected chi connectivity index (χ2v) is 5.80. The highest BCUT2D eigenvalue weighted by molar-refractivity contribution is 5.13. The summed E-state index contributed by atoms with van der Waals surface area (Å²) >= 11 is 0. The van der Waals surface area contributed by atoms with Crippen LogP contribution in [0.15, 0.2) is 11.6 Å². The van der Waals surface area contributed by atoms with Gasteiger partial charge in [0.25, 0.3) is 0 Å². The van der Waals surface area contributed by atoms with Crippen LogP contribution in [-0.2, 0) is 4.74 Å². The molecule has 1 saturated heterocycles. The van der Waals surface area contributed by atoms with Crippen molar-refractivity contribution in [2.75, 3.05) is 19.7 Å².